The molecule has 1 heterocycles. The van der Waals surface area contributed by atoms with E-state index in [-0.39, 0.29) is 17.7 Å². The summed E-state index contributed by atoms with van der Waals surface area (Å²) in [6, 6.07) is 12.7. The summed E-state index contributed by atoms with van der Waals surface area (Å²) in [6.07, 6.45) is 0.672. The average Bonchev–Trinajstić information content (AvgIpc) is 2.61. The first kappa shape index (κ1) is 17.1. The van der Waals surface area contributed by atoms with Crippen LogP contribution < -0.4 is 0 Å². The molecule has 3 rings (SSSR count). The Balaban J connectivity index is 1.69. The number of hydrogen-bond donors (Lipinski definition) is 0. The van der Waals surface area contributed by atoms with Gasteiger partial charge < -0.3 is 9.64 Å². The lowest BCUT2D eigenvalue weighted by atomic mass is 9.99. The second kappa shape index (κ2) is 7.03. The fourth-order valence-electron chi connectivity index (χ4n) is 3.07. The molecule has 0 aromatic heterocycles. The van der Waals surface area contributed by atoms with Crippen molar-refractivity contribution in [2.24, 2.45) is 0 Å². The molecule has 2 aromatic carbocycles. The number of fused-ring (bicyclic) bond motifs is 1. The van der Waals surface area contributed by atoms with E-state index in [2.05, 4.69) is 6.07 Å². The molecule has 2 aromatic rings. The third-order valence-corrected chi connectivity index (χ3v) is 4.52. The van der Waals surface area contributed by atoms with E-state index in [9.17, 15) is 14.9 Å². The molecule has 0 spiro atoms. The lowest BCUT2D eigenvalue weighted by molar-refractivity contribution is -0.385. The first-order valence-electron chi connectivity index (χ1n) is 8.14. The number of nitro groups is 1. The van der Waals surface area contributed by atoms with Crippen LogP contribution in [0.15, 0.2) is 42.5 Å². The van der Waals surface area contributed by atoms with E-state index in [0.29, 0.717) is 24.3 Å². The molecule has 0 saturated carbocycles. The van der Waals surface area contributed by atoms with Gasteiger partial charge in [0, 0.05) is 37.2 Å². The molecule has 6 nitrogen and oxygen atoms in total. The van der Waals surface area contributed by atoms with Gasteiger partial charge in [0.15, 0.2) is 0 Å². The second-order valence-corrected chi connectivity index (χ2v) is 6.35. The normalized spacial score (nSPS) is 16.2. The van der Waals surface area contributed by atoms with Crippen molar-refractivity contribution in [3.8, 4) is 0 Å². The predicted octanol–water partition coefficient (Wildman–Crippen LogP) is 3.12. The molecule has 1 aliphatic rings. The van der Waals surface area contributed by atoms with E-state index >= 15 is 0 Å². The molecule has 0 saturated heterocycles. The van der Waals surface area contributed by atoms with Crippen LogP contribution in [0.25, 0.3) is 0 Å². The van der Waals surface area contributed by atoms with E-state index in [4.69, 9.17) is 4.74 Å². The summed E-state index contributed by atoms with van der Waals surface area (Å²) in [7, 11) is 1.69. The molecule has 0 aliphatic carbocycles. The Bertz CT molecular complexity index is 819. The van der Waals surface area contributed by atoms with Crippen LogP contribution in [0.4, 0.5) is 5.69 Å². The number of ether oxygens (including phenoxy) is 1. The number of aryl methyl sites for hydroxylation is 1. The van der Waals surface area contributed by atoms with Crippen molar-refractivity contribution >= 4 is 11.6 Å². The van der Waals surface area contributed by atoms with Crippen molar-refractivity contribution in [3.05, 3.63) is 74.8 Å². The molecular formula is C19H20N2O4. The highest BCUT2D eigenvalue weighted by molar-refractivity contribution is 5.94. The number of nitro benzene ring substituents is 1. The van der Waals surface area contributed by atoms with Crippen molar-refractivity contribution < 1.29 is 14.5 Å². The van der Waals surface area contributed by atoms with E-state index in [1.165, 1.54) is 17.2 Å². The number of rotatable bonds is 4. The number of likely N-dealkylation sites (N-methyl/N-ethyl adjacent to an activating group) is 1. The topological polar surface area (TPSA) is 72.7 Å². The largest absolute Gasteiger partial charge is 0.371 e. The molecule has 0 fully saturated rings. The summed E-state index contributed by atoms with van der Waals surface area (Å²) < 4.78 is 5.84. The summed E-state index contributed by atoms with van der Waals surface area (Å²) in [5, 5.41) is 11.1. The Labute approximate surface area is 146 Å². The van der Waals surface area contributed by atoms with Gasteiger partial charge in [0.2, 0.25) is 0 Å². The maximum atomic E-state index is 12.6. The molecule has 1 aliphatic heterocycles. The fourth-order valence-corrected chi connectivity index (χ4v) is 3.07. The highest BCUT2D eigenvalue weighted by Gasteiger charge is 2.23. The van der Waals surface area contributed by atoms with E-state index < -0.39 is 4.92 Å². The van der Waals surface area contributed by atoms with E-state index in [1.807, 2.05) is 18.2 Å². The zero-order valence-corrected chi connectivity index (χ0v) is 14.3. The molecule has 1 atom stereocenters. The van der Waals surface area contributed by atoms with Crippen LogP contribution in [0, 0.1) is 17.0 Å². The standard InChI is InChI=1S/C19H20N2O4/c1-13-7-8-15(10-18(13)21(23)24)19(22)20(2)11-17-9-14-5-3-4-6-16(14)12-25-17/h3-8,10,17H,9,11-12H2,1-2H3. The first-order valence-corrected chi connectivity index (χ1v) is 8.14. The predicted molar refractivity (Wildman–Crippen MR) is 93.5 cm³/mol. The second-order valence-electron chi connectivity index (χ2n) is 6.35. The Morgan fingerprint density at radius 2 is 2.00 bits per heavy atom. The fraction of sp³-hybridized carbons (Fsp3) is 0.316. The van der Waals surface area contributed by atoms with Gasteiger partial charge in [0.05, 0.1) is 17.6 Å². The Morgan fingerprint density at radius 1 is 1.28 bits per heavy atom. The third-order valence-electron chi connectivity index (χ3n) is 4.52. The summed E-state index contributed by atoms with van der Waals surface area (Å²) >= 11 is 0. The first-order chi connectivity index (χ1) is 12.0. The van der Waals surface area contributed by atoms with Gasteiger partial charge in [-0.15, -0.1) is 0 Å². The van der Waals surface area contributed by atoms with Crippen LogP contribution in [0.2, 0.25) is 0 Å². The van der Waals surface area contributed by atoms with Crippen LogP contribution >= 0.6 is 0 Å². The molecule has 0 radical (unpaired) electrons. The Hall–Kier alpha value is -2.73. The third kappa shape index (κ3) is 3.69. The minimum atomic E-state index is -0.465. The van der Waals surface area contributed by atoms with Gasteiger partial charge in [-0.3, -0.25) is 14.9 Å². The quantitative estimate of drug-likeness (QED) is 0.633. The number of hydrogen-bond acceptors (Lipinski definition) is 4. The Kier molecular flexibility index (Phi) is 4.81. The molecule has 0 N–H and O–H groups in total. The average molecular weight is 340 g/mol. The highest BCUT2D eigenvalue weighted by Crippen LogP contribution is 2.22. The SMILES string of the molecule is Cc1ccc(C(=O)N(C)CC2Cc3ccccc3CO2)cc1[N+](=O)[O-]. The summed E-state index contributed by atoms with van der Waals surface area (Å²) in [6.45, 7) is 2.64. The minimum Gasteiger partial charge on any atom is -0.371 e. The number of carbonyl (C=O) groups is 1. The summed E-state index contributed by atoms with van der Waals surface area (Å²) in [5.74, 6) is -0.245. The van der Waals surface area contributed by atoms with Gasteiger partial charge in [-0.05, 0) is 24.1 Å². The van der Waals surface area contributed by atoms with Crippen LogP contribution in [-0.4, -0.2) is 35.4 Å². The van der Waals surface area contributed by atoms with Crippen LogP contribution in [0.1, 0.15) is 27.0 Å². The van der Waals surface area contributed by atoms with Crippen molar-refractivity contribution in [2.45, 2.75) is 26.1 Å². The van der Waals surface area contributed by atoms with Crippen molar-refractivity contribution in [1.29, 1.82) is 0 Å². The maximum absolute atomic E-state index is 12.6. The zero-order valence-electron chi connectivity index (χ0n) is 14.3. The van der Waals surface area contributed by atoms with Gasteiger partial charge >= 0.3 is 0 Å². The smallest absolute Gasteiger partial charge is 0.273 e. The van der Waals surface area contributed by atoms with Crippen LogP contribution in [-0.2, 0) is 17.8 Å². The van der Waals surface area contributed by atoms with Gasteiger partial charge in [-0.1, -0.05) is 30.3 Å². The molecule has 1 unspecified atom stereocenters. The van der Waals surface area contributed by atoms with Crippen LogP contribution in [0.3, 0.4) is 0 Å². The monoisotopic (exact) mass is 340 g/mol. The van der Waals surface area contributed by atoms with Crippen molar-refractivity contribution in [3.63, 3.8) is 0 Å². The van der Waals surface area contributed by atoms with Gasteiger partial charge in [-0.2, -0.15) is 0 Å². The number of nitrogens with zero attached hydrogens (tertiary/aromatic N) is 2. The van der Waals surface area contributed by atoms with Crippen molar-refractivity contribution in [1.82, 2.24) is 4.90 Å². The van der Waals surface area contributed by atoms with Crippen molar-refractivity contribution in [2.75, 3.05) is 13.6 Å². The van der Waals surface area contributed by atoms with Gasteiger partial charge in [0.1, 0.15) is 0 Å². The number of carbonyl (C=O) groups excluding carboxylic acids is 1. The Morgan fingerprint density at radius 3 is 2.72 bits per heavy atom. The number of amides is 1. The minimum absolute atomic E-state index is 0.0397. The van der Waals surface area contributed by atoms with E-state index in [0.717, 1.165) is 6.42 Å². The molecule has 6 heteroatoms. The van der Waals surface area contributed by atoms with E-state index in [1.54, 1.807) is 31.0 Å². The van der Waals surface area contributed by atoms with Gasteiger partial charge in [0.25, 0.3) is 11.6 Å². The van der Waals surface area contributed by atoms with Crippen LogP contribution in [0.5, 0.6) is 0 Å². The molecular weight excluding hydrogens is 320 g/mol. The summed E-state index contributed by atoms with van der Waals surface area (Å²) in [5.41, 5.74) is 3.24. The zero-order chi connectivity index (χ0) is 18.0. The number of benzene rings is 2. The highest BCUT2D eigenvalue weighted by atomic mass is 16.6. The molecule has 1 amide bonds. The lowest BCUT2D eigenvalue weighted by Gasteiger charge is -2.29. The maximum Gasteiger partial charge on any atom is 0.273 e. The van der Waals surface area contributed by atoms with Gasteiger partial charge in [-0.25, -0.2) is 0 Å². The molecule has 25 heavy (non-hydrogen) atoms. The summed E-state index contributed by atoms with van der Waals surface area (Å²) in [4.78, 5) is 24.8. The molecule has 130 valence electrons. The lowest BCUT2D eigenvalue weighted by Crippen LogP contribution is -2.38. The molecule has 0 bridgehead atoms.